The van der Waals surface area contributed by atoms with Crippen molar-refractivity contribution in [2.45, 2.75) is 6.42 Å². The van der Waals surface area contributed by atoms with Crippen LogP contribution in [0.3, 0.4) is 0 Å². The van der Waals surface area contributed by atoms with Gasteiger partial charge in [-0.2, -0.15) is 10.2 Å². The summed E-state index contributed by atoms with van der Waals surface area (Å²) in [5.41, 5.74) is 13.5. The van der Waals surface area contributed by atoms with E-state index in [9.17, 15) is 0 Å². The molecular formula is C19H13Br2N3. The Hall–Kier alpha value is -1.98. The highest BCUT2D eigenvalue weighted by atomic mass is 79.9. The number of nitrogens with two attached hydrogens (primary N) is 1. The van der Waals surface area contributed by atoms with Crippen molar-refractivity contribution in [2.75, 3.05) is 5.73 Å². The maximum Gasteiger partial charge on any atom is 0.0860 e. The first-order valence-corrected chi connectivity index (χ1v) is 9.08. The van der Waals surface area contributed by atoms with Gasteiger partial charge in [0.05, 0.1) is 17.1 Å². The Labute approximate surface area is 156 Å². The summed E-state index contributed by atoms with van der Waals surface area (Å²) in [7, 11) is 0. The number of anilines is 1. The Balaban J connectivity index is 1.71. The lowest BCUT2D eigenvalue weighted by molar-refractivity contribution is 1.20. The van der Waals surface area contributed by atoms with Gasteiger partial charge in [-0.1, -0.05) is 24.3 Å². The molecule has 0 amide bonds. The van der Waals surface area contributed by atoms with Crippen LogP contribution in [0.15, 0.2) is 73.8 Å². The molecule has 3 aromatic carbocycles. The van der Waals surface area contributed by atoms with Crippen molar-refractivity contribution in [3.63, 3.8) is 0 Å². The van der Waals surface area contributed by atoms with Gasteiger partial charge in [-0.05, 0) is 90.9 Å². The lowest BCUT2D eigenvalue weighted by Crippen LogP contribution is -1.93. The molecule has 0 unspecified atom stereocenters. The van der Waals surface area contributed by atoms with Gasteiger partial charge in [0.25, 0.3) is 0 Å². The van der Waals surface area contributed by atoms with E-state index in [-0.39, 0.29) is 0 Å². The molecule has 1 aliphatic rings. The maximum atomic E-state index is 6.10. The van der Waals surface area contributed by atoms with Crippen molar-refractivity contribution in [1.29, 1.82) is 0 Å². The zero-order chi connectivity index (χ0) is 16.7. The van der Waals surface area contributed by atoms with Gasteiger partial charge >= 0.3 is 0 Å². The zero-order valence-corrected chi connectivity index (χ0v) is 15.8. The average Bonchev–Trinajstić information content (AvgIpc) is 2.97. The van der Waals surface area contributed by atoms with Crippen LogP contribution in [-0.2, 0) is 6.42 Å². The molecule has 3 aromatic rings. The SMILES string of the molecule is Nc1c(Br)cc2c(c1Br)Cc1cc(N=Nc3ccccc3)ccc1-2. The number of azo groups is 1. The summed E-state index contributed by atoms with van der Waals surface area (Å²) in [5.74, 6) is 0. The fourth-order valence-electron chi connectivity index (χ4n) is 2.94. The van der Waals surface area contributed by atoms with Crippen LogP contribution < -0.4 is 5.73 Å². The largest absolute Gasteiger partial charge is 0.397 e. The molecule has 1 aliphatic carbocycles. The summed E-state index contributed by atoms with van der Waals surface area (Å²) in [5, 5.41) is 8.64. The van der Waals surface area contributed by atoms with Crippen LogP contribution in [0.2, 0.25) is 0 Å². The molecule has 24 heavy (non-hydrogen) atoms. The summed E-state index contributed by atoms with van der Waals surface area (Å²) in [6.45, 7) is 0. The number of nitrogens with zero attached hydrogens (tertiary/aromatic N) is 2. The van der Waals surface area contributed by atoms with Crippen molar-refractivity contribution in [2.24, 2.45) is 10.2 Å². The minimum absolute atomic E-state index is 0.741. The molecule has 0 aliphatic heterocycles. The van der Waals surface area contributed by atoms with Gasteiger partial charge in [0.15, 0.2) is 0 Å². The number of fused-ring (bicyclic) bond motifs is 3. The van der Waals surface area contributed by atoms with E-state index >= 15 is 0 Å². The third kappa shape index (κ3) is 2.68. The maximum absolute atomic E-state index is 6.10. The topological polar surface area (TPSA) is 50.7 Å². The summed E-state index contributed by atoms with van der Waals surface area (Å²) >= 11 is 7.15. The van der Waals surface area contributed by atoms with Crippen molar-refractivity contribution >= 4 is 48.9 Å². The molecule has 0 saturated carbocycles. The van der Waals surface area contributed by atoms with Crippen LogP contribution in [0.4, 0.5) is 17.1 Å². The normalized spacial score (nSPS) is 12.4. The van der Waals surface area contributed by atoms with E-state index in [0.717, 1.165) is 32.4 Å². The minimum Gasteiger partial charge on any atom is -0.397 e. The third-order valence-electron chi connectivity index (χ3n) is 4.14. The molecule has 0 saturated heterocycles. The second-order valence-electron chi connectivity index (χ2n) is 5.67. The van der Waals surface area contributed by atoms with Gasteiger partial charge in [-0.3, -0.25) is 0 Å². The van der Waals surface area contributed by atoms with Crippen LogP contribution in [-0.4, -0.2) is 0 Å². The van der Waals surface area contributed by atoms with Crippen molar-refractivity contribution in [3.05, 3.63) is 74.7 Å². The molecule has 0 bridgehead atoms. The molecule has 0 spiro atoms. The van der Waals surface area contributed by atoms with E-state index < -0.39 is 0 Å². The molecule has 4 rings (SSSR count). The van der Waals surface area contributed by atoms with Gasteiger partial charge in [0, 0.05) is 8.95 Å². The smallest absolute Gasteiger partial charge is 0.0860 e. The summed E-state index contributed by atoms with van der Waals surface area (Å²) in [6.07, 6.45) is 0.845. The molecule has 2 N–H and O–H groups in total. The van der Waals surface area contributed by atoms with E-state index in [4.69, 9.17) is 5.73 Å². The number of hydrogen-bond donors (Lipinski definition) is 1. The van der Waals surface area contributed by atoms with E-state index in [0.29, 0.717) is 0 Å². The first-order chi connectivity index (χ1) is 11.6. The molecular weight excluding hydrogens is 430 g/mol. The molecule has 0 aromatic heterocycles. The lowest BCUT2D eigenvalue weighted by Gasteiger charge is -2.08. The van der Waals surface area contributed by atoms with Gasteiger partial charge in [-0.15, -0.1) is 0 Å². The lowest BCUT2D eigenvalue weighted by atomic mass is 10.1. The third-order valence-corrected chi connectivity index (χ3v) is 5.70. The Kier molecular flexibility index (Phi) is 3.98. The number of hydrogen-bond acceptors (Lipinski definition) is 3. The van der Waals surface area contributed by atoms with Crippen LogP contribution in [0.25, 0.3) is 11.1 Å². The van der Waals surface area contributed by atoms with Gasteiger partial charge in [0.2, 0.25) is 0 Å². The zero-order valence-electron chi connectivity index (χ0n) is 12.6. The van der Waals surface area contributed by atoms with Crippen LogP contribution in [0, 0.1) is 0 Å². The fraction of sp³-hybridized carbons (Fsp3) is 0.0526. The fourth-order valence-corrected chi connectivity index (χ4v) is 4.20. The predicted molar refractivity (Wildman–Crippen MR) is 105 cm³/mol. The van der Waals surface area contributed by atoms with Crippen molar-refractivity contribution < 1.29 is 0 Å². The highest BCUT2D eigenvalue weighted by Crippen LogP contribution is 2.46. The van der Waals surface area contributed by atoms with Crippen molar-refractivity contribution in [1.82, 2.24) is 0 Å². The summed E-state index contributed by atoms with van der Waals surface area (Å²) in [4.78, 5) is 0. The average molecular weight is 443 g/mol. The van der Waals surface area contributed by atoms with Crippen LogP contribution in [0.5, 0.6) is 0 Å². The molecule has 0 fully saturated rings. The number of benzene rings is 3. The number of rotatable bonds is 2. The highest BCUT2D eigenvalue weighted by Gasteiger charge is 2.23. The highest BCUT2D eigenvalue weighted by molar-refractivity contribution is 9.11. The molecule has 0 heterocycles. The summed E-state index contributed by atoms with van der Waals surface area (Å²) in [6, 6.07) is 18.0. The van der Waals surface area contributed by atoms with E-state index in [1.165, 1.54) is 22.3 Å². The minimum atomic E-state index is 0.741. The molecule has 0 atom stereocenters. The molecule has 5 heteroatoms. The molecule has 118 valence electrons. The Morgan fingerprint density at radius 1 is 0.833 bits per heavy atom. The second kappa shape index (κ2) is 6.15. The molecule has 0 radical (unpaired) electrons. The first-order valence-electron chi connectivity index (χ1n) is 7.50. The summed E-state index contributed by atoms with van der Waals surface area (Å²) < 4.78 is 1.88. The van der Waals surface area contributed by atoms with Crippen LogP contribution in [0.1, 0.15) is 11.1 Å². The number of nitrogen functional groups attached to an aromatic ring is 1. The van der Waals surface area contributed by atoms with E-state index in [1.807, 2.05) is 36.4 Å². The van der Waals surface area contributed by atoms with E-state index in [1.54, 1.807) is 0 Å². The second-order valence-corrected chi connectivity index (χ2v) is 7.31. The Morgan fingerprint density at radius 3 is 2.38 bits per heavy atom. The van der Waals surface area contributed by atoms with Crippen molar-refractivity contribution in [3.8, 4) is 11.1 Å². The van der Waals surface area contributed by atoms with Gasteiger partial charge in [0.1, 0.15) is 0 Å². The first kappa shape index (κ1) is 15.5. The standard InChI is InChI=1S/C19H13Br2N3/c20-17-10-15-14-7-6-13(24-23-12-4-2-1-3-5-12)8-11(14)9-16(15)18(21)19(17)22/h1-8,10H,9,22H2. The number of halogens is 2. The monoisotopic (exact) mass is 441 g/mol. The predicted octanol–water partition coefficient (Wildman–Crippen LogP) is 6.78. The van der Waals surface area contributed by atoms with Gasteiger partial charge in [-0.25, -0.2) is 0 Å². The quantitative estimate of drug-likeness (QED) is 0.270. The van der Waals surface area contributed by atoms with E-state index in [2.05, 4.69) is 60.3 Å². The van der Waals surface area contributed by atoms with Crippen LogP contribution >= 0.6 is 31.9 Å². The molecule has 3 nitrogen and oxygen atoms in total. The Morgan fingerprint density at radius 2 is 1.58 bits per heavy atom. The Bertz CT molecular complexity index is 966. The van der Waals surface area contributed by atoms with Gasteiger partial charge < -0.3 is 5.73 Å².